The van der Waals surface area contributed by atoms with Crippen LogP contribution >= 0.6 is 11.8 Å². The average molecular weight is 350 g/mol. The minimum absolute atomic E-state index is 0.0914. The van der Waals surface area contributed by atoms with Gasteiger partial charge in [-0.05, 0) is 38.8 Å². The summed E-state index contributed by atoms with van der Waals surface area (Å²) in [7, 11) is 1.78. The molecule has 2 atom stereocenters. The lowest BCUT2D eigenvalue weighted by Gasteiger charge is -2.16. The summed E-state index contributed by atoms with van der Waals surface area (Å²) < 4.78 is 15.1. The zero-order valence-electron chi connectivity index (χ0n) is 14.5. The maximum Gasteiger partial charge on any atom is 0.231 e. The van der Waals surface area contributed by atoms with Crippen molar-refractivity contribution < 1.29 is 9.18 Å². The third-order valence-electron chi connectivity index (χ3n) is 4.07. The molecule has 0 aromatic carbocycles. The van der Waals surface area contributed by atoms with Crippen LogP contribution in [0.2, 0.25) is 0 Å². The van der Waals surface area contributed by atoms with E-state index < -0.39 is 5.83 Å². The molecule has 1 aromatic rings. The Labute approximate surface area is 146 Å². The van der Waals surface area contributed by atoms with Gasteiger partial charge in [0.25, 0.3) is 0 Å². The van der Waals surface area contributed by atoms with Gasteiger partial charge in [0.2, 0.25) is 5.91 Å². The lowest BCUT2D eigenvalue weighted by atomic mass is 10.2. The van der Waals surface area contributed by atoms with Gasteiger partial charge in [0.15, 0.2) is 0 Å². The van der Waals surface area contributed by atoms with Gasteiger partial charge in [0.05, 0.1) is 29.7 Å². The van der Waals surface area contributed by atoms with Gasteiger partial charge in [-0.25, -0.2) is 9.07 Å². The molecular weight excluding hydrogens is 327 g/mol. The van der Waals surface area contributed by atoms with E-state index in [-0.39, 0.29) is 11.8 Å². The second kappa shape index (κ2) is 7.79. The molecule has 0 spiro atoms. The molecular formula is C17H23FN4OS. The van der Waals surface area contributed by atoms with Crippen LogP contribution in [0.3, 0.4) is 0 Å². The number of carbonyl (C=O) groups excluding carboxylic acids is 1. The van der Waals surface area contributed by atoms with Crippen molar-refractivity contribution in [3.05, 3.63) is 30.0 Å². The van der Waals surface area contributed by atoms with Crippen molar-refractivity contribution in [2.24, 2.45) is 10.9 Å². The summed E-state index contributed by atoms with van der Waals surface area (Å²) in [6, 6.07) is 0. The Morgan fingerprint density at radius 2 is 2.38 bits per heavy atom. The lowest BCUT2D eigenvalue weighted by Crippen LogP contribution is -2.29. The van der Waals surface area contributed by atoms with Gasteiger partial charge in [-0.2, -0.15) is 16.9 Å². The summed E-state index contributed by atoms with van der Waals surface area (Å²) in [6.45, 7) is 6.96. The molecule has 1 aliphatic carbocycles. The number of amides is 1. The number of nitrogens with zero attached hydrogens (tertiary/aromatic N) is 4. The quantitative estimate of drug-likeness (QED) is 0.558. The highest BCUT2D eigenvalue weighted by molar-refractivity contribution is 7.99. The summed E-state index contributed by atoms with van der Waals surface area (Å²) in [5, 5.41) is 4.90. The number of thioether (sulfide) groups is 1. The van der Waals surface area contributed by atoms with Gasteiger partial charge in [-0.15, -0.1) is 0 Å². The van der Waals surface area contributed by atoms with Crippen LogP contribution in [-0.4, -0.2) is 41.0 Å². The predicted octanol–water partition coefficient (Wildman–Crippen LogP) is 3.53. The second-order valence-corrected chi connectivity index (χ2v) is 6.83. The fraction of sp³-hybridized carbons (Fsp3) is 0.471. The molecule has 0 N–H and O–H groups in total. The fourth-order valence-corrected chi connectivity index (χ4v) is 3.41. The molecule has 0 bridgehead atoms. The number of aliphatic imine (C=N–C) groups is 1. The number of aromatic nitrogens is 2. The van der Waals surface area contributed by atoms with Gasteiger partial charge in [-0.1, -0.05) is 6.92 Å². The summed E-state index contributed by atoms with van der Waals surface area (Å²) in [6.07, 6.45) is 7.80. The Morgan fingerprint density at radius 1 is 1.67 bits per heavy atom. The third kappa shape index (κ3) is 3.95. The number of hydrogen-bond donors (Lipinski definition) is 0. The Bertz CT molecular complexity index is 695. The van der Waals surface area contributed by atoms with Crippen molar-refractivity contribution in [2.45, 2.75) is 31.9 Å². The van der Waals surface area contributed by atoms with Crippen LogP contribution in [-0.2, 0) is 11.2 Å². The Hall–Kier alpha value is -1.89. The molecule has 0 radical (unpaired) electrons. The summed E-state index contributed by atoms with van der Waals surface area (Å²) in [5.41, 5.74) is 2.18. The van der Waals surface area contributed by atoms with Gasteiger partial charge in [-0.3, -0.25) is 9.79 Å². The monoisotopic (exact) mass is 350 g/mol. The van der Waals surface area contributed by atoms with Crippen molar-refractivity contribution in [2.75, 3.05) is 18.2 Å². The smallest absolute Gasteiger partial charge is 0.231 e. The van der Waals surface area contributed by atoms with Crippen LogP contribution in [0.4, 0.5) is 10.1 Å². The highest BCUT2D eigenvalue weighted by atomic mass is 32.2. The lowest BCUT2D eigenvalue weighted by molar-refractivity contribution is -0.119. The van der Waals surface area contributed by atoms with E-state index in [0.29, 0.717) is 17.4 Å². The van der Waals surface area contributed by atoms with Crippen LogP contribution < -0.4 is 4.90 Å². The molecule has 1 saturated carbocycles. The highest BCUT2D eigenvalue weighted by Gasteiger charge is 2.44. The van der Waals surface area contributed by atoms with E-state index >= 15 is 0 Å². The number of allylic oxidation sites excluding steroid dienone is 3. The predicted molar refractivity (Wildman–Crippen MR) is 99.1 cm³/mol. The topological polar surface area (TPSA) is 50.5 Å². The zero-order chi connectivity index (χ0) is 17.9. The van der Waals surface area contributed by atoms with E-state index in [1.54, 1.807) is 41.5 Å². The number of carbonyl (C=O) groups is 1. The number of anilines is 1. The van der Waals surface area contributed by atoms with Crippen molar-refractivity contribution in [3.8, 4) is 0 Å². The normalized spacial score (nSPS) is 20.9. The van der Waals surface area contributed by atoms with E-state index in [0.717, 1.165) is 24.0 Å². The van der Waals surface area contributed by atoms with E-state index in [1.807, 2.05) is 13.2 Å². The number of hydrogen-bond acceptors (Lipinski definition) is 4. The largest absolute Gasteiger partial charge is 0.312 e. The van der Waals surface area contributed by atoms with E-state index in [1.165, 1.54) is 6.08 Å². The maximum atomic E-state index is 13.6. The number of rotatable bonds is 7. The average Bonchev–Trinajstić information content (AvgIpc) is 3.22. The summed E-state index contributed by atoms with van der Waals surface area (Å²) >= 11 is 1.73. The molecule has 0 saturated heterocycles. The maximum absolute atomic E-state index is 13.6. The second-order valence-electron chi connectivity index (χ2n) is 5.76. The van der Waals surface area contributed by atoms with Gasteiger partial charge in [0, 0.05) is 18.0 Å². The van der Waals surface area contributed by atoms with E-state index in [9.17, 15) is 9.18 Å². The first kappa shape index (κ1) is 18.4. The third-order valence-corrected chi connectivity index (χ3v) is 5.20. The van der Waals surface area contributed by atoms with Crippen LogP contribution in [0.15, 0.2) is 29.3 Å². The fourth-order valence-electron chi connectivity index (χ4n) is 2.56. The first-order chi connectivity index (χ1) is 11.4. The van der Waals surface area contributed by atoms with Crippen LogP contribution in [0.25, 0.3) is 5.70 Å². The summed E-state index contributed by atoms with van der Waals surface area (Å²) in [5.74, 6) is -0.288. The van der Waals surface area contributed by atoms with Crippen LogP contribution in [0, 0.1) is 5.92 Å². The van der Waals surface area contributed by atoms with Crippen LogP contribution in [0.5, 0.6) is 0 Å². The first-order valence-electron chi connectivity index (χ1n) is 7.82. The SMILES string of the molecule is C=N/C=C(F)\C=C(/C)n1cc(N(C)C(=O)C2CC2SC)c(CC)n1. The zero-order valence-corrected chi connectivity index (χ0v) is 15.3. The Kier molecular flexibility index (Phi) is 5.99. The molecule has 1 heterocycles. The number of aryl methyl sites for hydroxylation is 1. The van der Waals surface area contributed by atoms with E-state index in [4.69, 9.17) is 0 Å². The standard InChI is InChI=1S/C17H23FN4OS/c1-6-14-15(21(4)17(23)13-8-16(13)24-5)10-22(20-14)11(2)7-12(18)9-19-3/h7,9-10,13,16H,3,6,8H2,1-2,4-5H3/b11-7+,12-9+. The molecule has 2 unspecified atom stereocenters. The molecule has 7 heteroatoms. The van der Waals surface area contributed by atoms with Crippen molar-refractivity contribution in [3.63, 3.8) is 0 Å². The van der Waals surface area contributed by atoms with Crippen molar-refractivity contribution in [1.82, 2.24) is 9.78 Å². The Balaban J connectivity index is 2.25. The van der Waals surface area contributed by atoms with Gasteiger partial charge in [0.1, 0.15) is 5.83 Å². The van der Waals surface area contributed by atoms with E-state index in [2.05, 4.69) is 16.8 Å². The van der Waals surface area contributed by atoms with Crippen molar-refractivity contribution in [1.29, 1.82) is 0 Å². The highest BCUT2D eigenvalue weighted by Crippen LogP contribution is 2.42. The van der Waals surface area contributed by atoms with Crippen molar-refractivity contribution >= 4 is 35.8 Å². The number of halogens is 1. The molecule has 2 rings (SSSR count). The molecule has 1 amide bonds. The first-order valence-corrected chi connectivity index (χ1v) is 9.10. The molecule has 1 aliphatic rings. The minimum atomic E-state index is -0.497. The molecule has 0 aliphatic heterocycles. The molecule has 5 nitrogen and oxygen atoms in total. The van der Waals surface area contributed by atoms with Gasteiger partial charge >= 0.3 is 0 Å². The molecule has 1 fully saturated rings. The molecule has 24 heavy (non-hydrogen) atoms. The molecule has 130 valence electrons. The molecule has 1 aromatic heterocycles. The Morgan fingerprint density at radius 3 is 2.92 bits per heavy atom. The summed E-state index contributed by atoms with van der Waals surface area (Å²) in [4.78, 5) is 17.6. The van der Waals surface area contributed by atoms with Gasteiger partial charge < -0.3 is 4.90 Å². The van der Waals surface area contributed by atoms with Crippen LogP contribution in [0.1, 0.15) is 26.0 Å². The minimum Gasteiger partial charge on any atom is -0.312 e.